The Labute approximate surface area is 175 Å². The molecule has 1 aromatic carbocycles. The van der Waals surface area contributed by atoms with Gasteiger partial charge in [-0.2, -0.15) is 0 Å². The first kappa shape index (κ1) is 20.6. The molecular formula is C22H26FN3O4. The molecule has 0 spiro atoms. The predicted octanol–water partition coefficient (Wildman–Crippen LogP) is 2.33. The molecular weight excluding hydrogens is 389 g/mol. The molecule has 2 aliphatic heterocycles. The molecule has 0 bridgehead atoms. The average Bonchev–Trinajstić information content (AvgIpc) is 3.13. The van der Waals surface area contributed by atoms with E-state index in [2.05, 4.69) is 22.4 Å². The lowest BCUT2D eigenvalue weighted by Gasteiger charge is -2.33. The summed E-state index contributed by atoms with van der Waals surface area (Å²) in [5.41, 5.74) is 1.80. The molecule has 0 saturated carbocycles. The largest absolute Gasteiger partial charge is 0.442 e. The fraction of sp³-hybridized carbons (Fsp3) is 0.455. The molecule has 7 nitrogen and oxygen atoms in total. The quantitative estimate of drug-likeness (QED) is 0.799. The lowest BCUT2D eigenvalue weighted by atomic mass is 9.95. The number of anilines is 1. The summed E-state index contributed by atoms with van der Waals surface area (Å²) in [6.45, 7) is 5.23. The lowest BCUT2D eigenvalue weighted by molar-refractivity contribution is -0.119. The Morgan fingerprint density at radius 1 is 1.30 bits per heavy atom. The summed E-state index contributed by atoms with van der Waals surface area (Å²) >= 11 is 0. The van der Waals surface area contributed by atoms with Crippen molar-refractivity contribution in [2.24, 2.45) is 0 Å². The van der Waals surface area contributed by atoms with E-state index in [-0.39, 0.29) is 24.8 Å². The third-order valence-electron chi connectivity index (χ3n) is 5.62. The summed E-state index contributed by atoms with van der Waals surface area (Å²) < 4.78 is 25.5. The van der Waals surface area contributed by atoms with Gasteiger partial charge in [-0.25, -0.2) is 9.18 Å². The highest BCUT2D eigenvalue weighted by molar-refractivity contribution is 5.90. The minimum atomic E-state index is -0.539. The SMILES string of the molecule is CC(=O)NC[C@H]1CN(c2ccc(C3=CCC(N4CCOCC4)C=C3)c(F)c2)C(=O)O1. The van der Waals surface area contributed by atoms with Gasteiger partial charge in [0, 0.05) is 31.6 Å². The molecule has 1 unspecified atom stereocenters. The van der Waals surface area contributed by atoms with Crippen molar-refractivity contribution in [3.05, 3.63) is 47.8 Å². The number of allylic oxidation sites excluding steroid dienone is 2. The van der Waals surface area contributed by atoms with Crippen molar-refractivity contribution >= 4 is 23.3 Å². The van der Waals surface area contributed by atoms with Gasteiger partial charge in [-0.3, -0.25) is 14.6 Å². The van der Waals surface area contributed by atoms with E-state index in [0.29, 0.717) is 17.3 Å². The number of carbonyl (C=O) groups is 2. The maximum absolute atomic E-state index is 14.9. The van der Waals surface area contributed by atoms with Crippen molar-refractivity contribution in [1.29, 1.82) is 0 Å². The number of nitrogens with one attached hydrogen (secondary N) is 1. The van der Waals surface area contributed by atoms with Crippen LogP contribution in [0, 0.1) is 5.82 Å². The lowest BCUT2D eigenvalue weighted by Crippen LogP contribution is -2.42. The van der Waals surface area contributed by atoms with Gasteiger partial charge in [0.15, 0.2) is 0 Å². The van der Waals surface area contributed by atoms with Gasteiger partial charge in [-0.05, 0) is 30.2 Å². The second kappa shape index (κ2) is 8.97. The molecule has 3 aliphatic rings. The first-order chi connectivity index (χ1) is 14.5. The van der Waals surface area contributed by atoms with Gasteiger partial charge in [0.25, 0.3) is 0 Å². The van der Waals surface area contributed by atoms with E-state index in [1.807, 2.05) is 6.08 Å². The summed E-state index contributed by atoms with van der Waals surface area (Å²) in [7, 11) is 0. The Morgan fingerprint density at radius 3 is 2.77 bits per heavy atom. The molecule has 2 amide bonds. The van der Waals surface area contributed by atoms with Crippen LogP contribution in [-0.4, -0.2) is 68.4 Å². The first-order valence-electron chi connectivity index (χ1n) is 10.2. The molecule has 2 atom stereocenters. The van der Waals surface area contributed by atoms with E-state index in [9.17, 15) is 14.0 Å². The fourth-order valence-electron chi connectivity index (χ4n) is 3.99. The number of rotatable bonds is 5. The Balaban J connectivity index is 1.41. The smallest absolute Gasteiger partial charge is 0.414 e. The Kier molecular flexibility index (Phi) is 6.15. The van der Waals surface area contributed by atoms with Crippen LogP contribution in [0.5, 0.6) is 0 Å². The first-order valence-corrected chi connectivity index (χ1v) is 10.2. The number of carbonyl (C=O) groups excluding carboxylic acids is 2. The second-order valence-electron chi connectivity index (χ2n) is 7.69. The maximum Gasteiger partial charge on any atom is 0.414 e. The zero-order valence-electron chi connectivity index (χ0n) is 17.0. The van der Waals surface area contributed by atoms with Gasteiger partial charge in [0.2, 0.25) is 5.91 Å². The van der Waals surface area contributed by atoms with E-state index in [4.69, 9.17) is 9.47 Å². The van der Waals surface area contributed by atoms with Gasteiger partial charge < -0.3 is 14.8 Å². The molecule has 160 valence electrons. The Hall–Kier alpha value is -2.71. The number of morpholine rings is 1. The van der Waals surface area contributed by atoms with Crippen molar-refractivity contribution in [2.45, 2.75) is 25.5 Å². The third kappa shape index (κ3) is 4.55. The predicted molar refractivity (Wildman–Crippen MR) is 111 cm³/mol. The van der Waals surface area contributed by atoms with Crippen molar-refractivity contribution in [1.82, 2.24) is 10.2 Å². The Morgan fingerprint density at radius 2 is 2.10 bits per heavy atom. The van der Waals surface area contributed by atoms with Crippen LogP contribution in [0.3, 0.4) is 0 Å². The van der Waals surface area contributed by atoms with Gasteiger partial charge >= 0.3 is 6.09 Å². The number of hydrogen-bond donors (Lipinski definition) is 1. The van der Waals surface area contributed by atoms with Gasteiger partial charge in [-0.1, -0.05) is 18.2 Å². The summed E-state index contributed by atoms with van der Waals surface area (Å²) in [5, 5.41) is 2.63. The van der Waals surface area contributed by atoms with Crippen molar-refractivity contribution in [3.63, 3.8) is 0 Å². The fourth-order valence-corrected chi connectivity index (χ4v) is 3.99. The molecule has 1 aliphatic carbocycles. The van der Waals surface area contributed by atoms with Crippen LogP contribution >= 0.6 is 0 Å². The van der Waals surface area contributed by atoms with Crippen LogP contribution in [0.25, 0.3) is 5.57 Å². The highest BCUT2D eigenvalue weighted by atomic mass is 19.1. The highest BCUT2D eigenvalue weighted by Crippen LogP contribution is 2.30. The van der Waals surface area contributed by atoms with E-state index in [1.54, 1.807) is 12.1 Å². The monoisotopic (exact) mass is 415 g/mol. The summed E-state index contributed by atoms with van der Waals surface area (Å²) in [6.07, 6.45) is 5.99. The van der Waals surface area contributed by atoms with Gasteiger partial charge in [0.1, 0.15) is 11.9 Å². The second-order valence-corrected chi connectivity index (χ2v) is 7.69. The van der Waals surface area contributed by atoms with E-state index in [0.717, 1.165) is 38.3 Å². The standard InChI is InChI=1S/C22H26FN3O4/c1-15(27)24-13-19-14-26(22(28)30-19)18-6-7-20(21(23)12-18)16-2-4-17(5-3-16)25-8-10-29-11-9-25/h2-4,6-7,12,17,19H,5,8-11,13-14H2,1H3,(H,24,27)/t17?,19-/m0/s1. The number of amides is 2. The molecule has 0 aromatic heterocycles. The molecule has 4 rings (SSSR count). The van der Waals surface area contributed by atoms with E-state index in [1.165, 1.54) is 17.9 Å². The maximum atomic E-state index is 14.9. The molecule has 2 heterocycles. The molecule has 1 N–H and O–H groups in total. The highest BCUT2D eigenvalue weighted by Gasteiger charge is 2.32. The normalized spacial score (nSPS) is 24.5. The average molecular weight is 415 g/mol. The summed E-state index contributed by atoms with van der Waals surface area (Å²) in [4.78, 5) is 27.0. The number of cyclic esters (lactones) is 1. The number of halogens is 1. The van der Waals surface area contributed by atoms with Crippen LogP contribution in [0.1, 0.15) is 18.9 Å². The van der Waals surface area contributed by atoms with Crippen LogP contribution in [0.4, 0.5) is 14.9 Å². The van der Waals surface area contributed by atoms with Crippen molar-refractivity contribution in [3.8, 4) is 0 Å². The number of hydrogen-bond acceptors (Lipinski definition) is 5. The third-order valence-corrected chi connectivity index (χ3v) is 5.62. The number of nitrogens with zero attached hydrogens (tertiary/aromatic N) is 2. The van der Waals surface area contributed by atoms with Crippen LogP contribution in [0.15, 0.2) is 36.4 Å². The minimum absolute atomic E-state index is 0.190. The molecule has 30 heavy (non-hydrogen) atoms. The van der Waals surface area contributed by atoms with Crippen LogP contribution < -0.4 is 10.2 Å². The van der Waals surface area contributed by atoms with Gasteiger partial charge in [-0.15, -0.1) is 0 Å². The van der Waals surface area contributed by atoms with E-state index < -0.39 is 12.2 Å². The topological polar surface area (TPSA) is 71.1 Å². The van der Waals surface area contributed by atoms with Crippen molar-refractivity contribution < 1.29 is 23.5 Å². The molecule has 2 saturated heterocycles. The summed E-state index contributed by atoms with van der Waals surface area (Å²) in [6, 6.07) is 5.10. The van der Waals surface area contributed by atoms with Crippen LogP contribution in [-0.2, 0) is 14.3 Å². The van der Waals surface area contributed by atoms with Crippen molar-refractivity contribution in [2.75, 3.05) is 44.3 Å². The molecule has 0 radical (unpaired) electrons. The summed E-state index contributed by atoms with van der Waals surface area (Å²) in [5.74, 6) is -0.573. The van der Waals surface area contributed by atoms with E-state index >= 15 is 0 Å². The van der Waals surface area contributed by atoms with Gasteiger partial charge in [0.05, 0.1) is 32.0 Å². The Bertz CT molecular complexity index is 879. The number of ether oxygens (including phenoxy) is 2. The number of benzene rings is 1. The zero-order chi connectivity index (χ0) is 21.1. The zero-order valence-corrected chi connectivity index (χ0v) is 17.0. The molecule has 1 aromatic rings. The van der Waals surface area contributed by atoms with Crippen LogP contribution in [0.2, 0.25) is 0 Å². The molecule has 2 fully saturated rings. The minimum Gasteiger partial charge on any atom is -0.442 e. The molecule has 8 heteroatoms.